The number of carbonyl (C=O) groups excluding carboxylic acids is 1. The number of phenols is 1. The van der Waals surface area contributed by atoms with Gasteiger partial charge in [-0.25, -0.2) is 4.79 Å². The predicted molar refractivity (Wildman–Crippen MR) is 107 cm³/mol. The van der Waals surface area contributed by atoms with E-state index in [1.807, 2.05) is 25.1 Å². The molecule has 0 radical (unpaired) electrons. The van der Waals surface area contributed by atoms with Crippen LogP contribution < -0.4 is 9.47 Å². The molecular weight excluding hydrogens is 340 g/mol. The minimum Gasteiger partial charge on any atom is -0.506 e. The third-order valence-electron chi connectivity index (χ3n) is 4.41. The number of carbonyl (C=O) groups is 1. The second-order valence-corrected chi connectivity index (χ2v) is 6.58. The molecule has 3 rings (SSSR count). The second-order valence-electron chi connectivity index (χ2n) is 6.58. The normalized spacial score (nSPS) is 10.7. The summed E-state index contributed by atoms with van der Waals surface area (Å²) in [6.45, 7) is 4.68. The lowest BCUT2D eigenvalue weighted by molar-refractivity contribution is 0.0731. The summed E-state index contributed by atoms with van der Waals surface area (Å²) in [6.07, 6.45) is 3.12. The van der Waals surface area contributed by atoms with Gasteiger partial charge in [-0.15, -0.1) is 0 Å². The number of hydrogen-bond donors (Lipinski definition) is 1. The summed E-state index contributed by atoms with van der Waals surface area (Å²) in [6, 6.07) is 16.0. The summed E-state index contributed by atoms with van der Waals surface area (Å²) in [5.74, 6) is 0.311. The van der Waals surface area contributed by atoms with Crippen LogP contribution in [-0.2, 0) is 0 Å². The van der Waals surface area contributed by atoms with Gasteiger partial charge in [-0.1, -0.05) is 55.7 Å². The Labute approximate surface area is 159 Å². The Bertz CT molecular complexity index is 932. The van der Waals surface area contributed by atoms with E-state index in [0.29, 0.717) is 23.5 Å². The van der Waals surface area contributed by atoms with E-state index in [0.717, 1.165) is 30.2 Å². The van der Waals surface area contributed by atoms with Crippen LogP contribution in [0.5, 0.6) is 17.2 Å². The topological polar surface area (TPSA) is 55.8 Å². The maximum atomic E-state index is 12.6. The molecule has 3 aromatic carbocycles. The predicted octanol–water partition coefficient (Wildman–Crippen LogP) is 5.64. The Balaban J connectivity index is 1.98. The van der Waals surface area contributed by atoms with Gasteiger partial charge in [0.25, 0.3) is 0 Å². The third-order valence-corrected chi connectivity index (χ3v) is 4.41. The number of phenolic OH excluding ortho intramolecular Hbond substituents is 1. The molecule has 0 amide bonds. The molecule has 0 saturated carbocycles. The standard InChI is InChI=1S/C23H24O4/c1-3-4-8-13-26-21-15-20(23(25)27-17-9-6-5-7-10-17)22(24)18-12-11-16(2)14-19(18)21/h5-7,9-12,14-15,24H,3-4,8,13H2,1-2H3. The maximum absolute atomic E-state index is 12.6. The number of ether oxygens (including phenoxy) is 2. The van der Waals surface area contributed by atoms with Gasteiger partial charge in [0.15, 0.2) is 0 Å². The largest absolute Gasteiger partial charge is 0.506 e. The summed E-state index contributed by atoms with van der Waals surface area (Å²) >= 11 is 0. The third kappa shape index (κ3) is 4.40. The van der Waals surface area contributed by atoms with Crippen LogP contribution in [0, 0.1) is 6.92 Å². The number of aromatic hydroxyl groups is 1. The van der Waals surface area contributed by atoms with Crippen molar-refractivity contribution >= 4 is 16.7 Å². The van der Waals surface area contributed by atoms with E-state index in [4.69, 9.17) is 9.47 Å². The van der Waals surface area contributed by atoms with Crippen molar-refractivity contribution in [3.8, 4) is 17.2 Å². The van der Waals surface area contributed by atoms with Crippen molar-refractivity contribution < 1.29 is 19.4 Å². The summed E-state index contributed by atoms with van der Waals surface area (Å²) < 4.78 is 11.4. The van der Waals surface area contributed by atoms with Crippen molar-refractivity contribution in [3.63, 3.8) is 0 Å². The molecule has 0 aliphatic rings. The second kappa shape index (κ2) is 8.58. The van der Waals surface area contributed by atoms with Gasteiger partial charge < -0.3 is 14.6 Å². The van der Waals surface area contributed by atoms with E-state index in [1.54, 1.807) is 36.4 Å². The molecule has 0 heterocycles. The highest BCUT2D eigenvalue weighted by Crippen LogP contribution is 2.37. The van der Waals surface area contributed by atoms with Gasteiger partial charge in [0.05, 0.1) is 6.61 Å². The van der Waals surface area contributed by atoms with E-state index in [-0.39, 0.29) is 11.3 Å². The summed E-state index contributed by atoms with van der Waals surface area (Å²) in [5, 5.41) is 12.0. The lowest BCUT2D eigenvalue weighted by Crippen LogP contribution is -2.10. The lowest BCUT2D eigenvalue weighted by Gasteiger charge is -2.14. The molecule has 0 fully saturated rings. The van der Waals surface area contributed by atoms with Gasteiger partial charge in [-0.2, -0.15) is 0 Å². The summed E-state index contributed by atoms with van der Waals surface area (Å²) in [4.78, 5) is 12.6. The first-order valence-electron chi connectivity index (χ1n) is 9.26. The Morgan fingerprint density at radius 3 is 2.52 bits per heavy atom. The number of esters is 1. The SMILES string of the molecule is CCCCCOc1cc(C(=O)Oc2ccccc2)c(O)c2ccc(C)cc12. The van der Waals surface area contributed by atoms with Gasteiger partial charge in [0, 0.05) is 10.8 Å². The minimum absolute atomic E-state index is 0.0909. The fourth-order valence-corrected chi connectivity index (χ4v) is 2.95. The Kier molecular flexibility index (Phi) is 5.97. The quantitative estimate of drug-likeness (QED) is 0.335. The van der Waals surface area contributed by atoms with Gasteiger partial charge in [0.2, 0.25) is 0 Å². The average molecular weight is 364 g/mol. The van der Waals surface area contributed by atoms with Crippen LogP contribution in [0.2, 0.25) is 0 Å². The van der Waals surface area contributed by atoms with Crippen molar-refractivity contribution in [3.05, 3.63) is 65.7 Å². The van der Waals surface area contributed by atoms with Crippen molar-refractivity contribution in [1.29, 1.82) is 0 Å². The average Bonchev–Trinajstić information content (AvgIpc) is 2.67. The van der Waals surface area contributed by atoms with Crippen LogP contribution >= 0.6 is 0 Å². The van der Waals surface area contributed by atoms with E-state index < -0.39 is 5.97 Å². The molecule has 0 aromatic heterocycles. The van der Waals surface area contributed by atoms with Gasteiger partial charge in [0.1, 0.15) is 22.8 Å². The molecule has 4 nitrogen and oxygen atoms in total. The maximum Gasteiger partial charge on any atom is 0.347 e. The first-order chi connectivity index (χ1) is 13.1. The lowest BCUT2D eigenvalue weighted by atomic mass is 10.0. The van der Waals surface area contributed by atoms with Gasteiger partial charge >= 0.3 is 5.97 Å². The van der Waals surface area contributed by atoms with Crippen LogP contribution in [0.1, 0.15) is 42.1 Å². The number of benzene rings is 3. The summed E-state index contributed by atoms with van der Waals surface area (Å²) in [7, 11) is 0. The molecule has 0 bridgehead atoms. The zero-order valence-electron chi connectivity index (χ0n) is 15.7. The molecule has 0 saturated heterocycles. The highest BCUT2D eigenvalue weighted by Gasteiger charge is 2.20. The molecule has 0 aliphatic heterocycles. The van der Waals surface area contributed by atoms with Crippen LogP contribution in [-0.4, -0.2) is 17.7 Å². The number of para-hydroxylation sites is 1. The van der Waals surface area contributed by atoms with Gasteiger partial charge in [-0.05, 0) is 37.6 Å². The van der Waals surface area contributed by atoms with Crippen molar-refractivity contribution in [1.82, 2.24) is 0 Å². The number of aryl methyl sites for hydroxylation is 1. The Morgan fingerprint density at radius 1 is 1.00 bits per heavy atom. The molecule has 0 atom stereocenters. The van der Waals surface area contributed by atoms with Crippen molar-refractivity contribution in [2.75, 3.05) is 6.61 Å². The van der Waals surface area contributed by atoms with Gasteiger partial charge in [-0.3, -0.25) is 0 Å². The van der Waals surface area contributed by atoms with Crippen LogP contribution in [0.4, 0.5) is 0 Å². The number of fused-ring (bicyclic) bond motifs is 1. The van der Waals surface area contributed by atoms with Crippen LogP contribution in [0.25, 0.3) is 10.8 Å². The van der Waals surface area contributed by atoms with Crippen molar-refractivity contribution in [2.45, 2.75) is 33.1 Å². The zero-order chi connectivity index (χ0) is 19.2. The van der Waals surface area contributed by atoms with E-state index >= 15 is 0 Å². The molecule has 0 spiro atoms. The molecule has 27 heavy (non-hydrogen) atoms. The molecular formula is C23H24O4. The Hall–Kier alpha value is -3.01. The molecule has 0 unspecified atom stereocenters. The fourth-order valence-electron chi connectivity index (χ4n) is 2.95. The molecule has 1 N–H and O–H groups in total. The number of rotatable bonds is 7. The highest BCUT2D eigenvalue weighted by molar-refractivity contribution is 6.04. The number of hydrogen-bond acceptors (Lipinski definition) is 4. The molecule has 140 valence electrons. The zero-order valence-corrected chi connectivity index (χ0v) is 15.7. The smallest absolute Gasteiger partial charge is 0.347 e. The highest BCUT2D eigenvalue weighted by atomic mass is 16.5. The van der Waals surface area contributed by atoms with Crippen LogP contribution in [0.3, 0.4) is 0 Å². The fraction of sp³-hybridized carbons (Fsp3) is 0.261. The first kappa shape index (κ1) is 18.8. The first-order valence-corrected chi connectivity index (χ1v) is 9.26. The number of unbranched alkanes of at least 4 members (excludes halogenated alkanes) is 2. The molecule has 0 aliphatic carbocycles. The Morgan fingerprint density at radius 2 is 1.78 bits per heavy atom. The summed E-state index contributed by atoms with van der Waals surface area (Å²) in [5.41, 5.74) is 1.15. The van der Waals surface area contributed by atoms with E-state index in [9.17, 15) is 9.90 Å². The van der Waals surface area contributed by atoms with Crippen molar-refractivity contribution in [2.24, 2.45) is 0 Å². The molecule has 4 heteroatoms. The van der Waals surface area contributed by atoms with E-state index in [1.165, 1.54) is 0 Å². The van der Waals surface area contributed by atoms with Crippen LogP contribution in [0.15, 0.2) is 54.6 Å². The minimum atomic E-state index is -0.611. The molecule has 3 aromatic rings. The van der Waals surface area contributed by atoms with E-state index in [2.05, 4.69) is 6.92 Å². The monoisotopic (exact) mass is 364 g/mol.